The van der Waals surface area contributed by atoms with Crippen molar-refractivity contribution < 1.29 is 17.9 Å². The Morgan fingerprint density at radius 2 is 2.11 bits per heavy atom. The molecule has 102 valence electrons. The minimum absolute atomic E-state index is 0.118. The maximum atomic E-state index is 11.7. The van der Waals surface area contributed by atoms with Crippen molar-refractivity contribution in [1.82, 2.24) is 4.57 Å². The summed E-state index contributed by atoms with van der Waals surface area (Å²) in [6, 6.07) is 1.83. The summed E-state index contributed by atoms with van der Waals surface area (Å²) in [6.45, 7) is 4.41. The van der Waals surface area contributed by atoms with Gasteiger partial charge in [-0.05, 0) is 31.9 Å². The van der Waals surface area contributed by atoms with Crippen LogP contribution in [0.3, 0.4) is 0 Å². The van der Waals surface area contributed by atoms with E-state index in [9.17, 15) is 13.2 Å². The van der Waals surface area contributed by atoms with Gasteiger partial charge in [0, 0.05) is 19.0 Å². The van der Waals surface area contributed by atoms with Crippen LogP contribution in [-0.4, -0.2) is 37.6 Å². The number of aryl methyl sites for hydroxylation is 2. The van der Waals surface area contributed by atoms with Gasteiger partial charge in [0.15, 0.2) is 0 Å². The Hall–Kier alpha value is -1.30. The molecule has 0 amide bonds. The number of nitrogens with zero attached hydrogens (tertiary/aromatic N) is 1. The summed E-state index contributed by atoms with van der Waals surface area (Å²) >= 11 is 0. The number of aromatic nitrogens is 1. The molecule has 0 saturated carbocycles. The normalized spacial score (nSPS) is 11.5. The van der Waals surface area contributed by atoms with Crippen LogP contribution in [0.25, 0.3) is 0 Å². The molecule has 0 atom stereocenters. The van der Waals surface area contributed by atoms with E-state index < -0.39 is 9.84 Å². The van der Waals surface area contributed by atoms with E-state index in [-0.39, 0.29) is 11.7 Å². The first-order valence-corrected chi connectivity index (χ1v) is 7.91. The molecule has 0 N–H and O–H groups in total. The predicted molar refractivity (Wildman–Crippen MR) is 69.5 cm³/mol. The zero-order chi connectivity index (χ0) is 13.8. The molecule has 18 heavy (non-hydrogen) atoms. The first kappa shape index (κ1) is 14.8. The lowest BCUT2D eigenvalue weighted by Gasteiger charge is -2.09. The molecule has 1 aromatic heterocycles. The Labute approximate surface area is 108 Å². The van der Waals surface area contributed by atoms with Crippen molar-refractivity contribution in [2.75, 3.05) is 18.6 Å². The second kappa shape index (κ2) is 6.04. The summed E-state index contributed by atoms with van der Waals surface area (Å²) in [5, 5.41) is 0. The highest BCUT2D eigenvalue weighted by molar-refractivity contribution is 7.90. The molecule has 0 aromatic carbocycles. The van der Waals surface area contributed by atoms with Crippen molar-refractivity contribution in [2.45, 2.75) is 26.8 Å². The van der Waals surface area contributed by atoms with Gasteiger partial charge in [0.2, 0.25) is 0 Å². The van der Waals surface area contributed by atoms with Crippen LogP contribution >= 0.6 is 0 Å². The smallest absolute Gasteiger partial charge is 0.355 e. The Morgan fingerprint density at radius 1 is 1.44 bits per heavy atom. The fourth-order valence-corrected chi connectivity index (χ4v) is 2.40. The lowest BCUT2D eigenvalue weighted by molar-refractivity contribution is 0.0513. The lowest BCUT2D eigenvalue weighted by atomic mass is 10.2. The topological polar surface area (TPSA) is 65.4 Å². The number of esters is 1. The molecule has 0 aliphatic carbocycles. The Balaban J connectivity index is 2.75. The van der Waals surface area contributed by atoms with Gasteiger partial charge < -0.3 is 9.30 Å². The molecule has 0 aliphatic heterocycles. The van der Waals surface area contributed by atoms with Gasteiger partial charge >= 0.3 is 5.97 Å². The molecule has 0 aliphatic rings. The first-order chi connectivity index (χ1) is 8.35. The van der Waals surface area contributed by atoms with E-state index in [1.807, 2.05) is 13.0 Å². The number of hydrogen-bond acceptors (Lipinski definition) is 4. The fourth-order valence-electron chi connectivity index (χ4n) is 1.74. The number of sulfone groups is 1. The lowest BCUT2D eigenvalue weighted by Crippen LogP contribution is -2.15. The van der Waals surface area contributed by atoms with E-state index >= 15 is 0 Å². The Kier molecular flexibility index (Phi) is 4.95. The highest BCUT2D eigenvalue weighted by atomic mass is 32.2. The van der Waals surface area contributed by atoms with Gasteiger partial charge in [0.05, 0.1) is 12.4 Å². The zero-order valence-electron chi connectivity index (χ0n) is 11.0. The second-order valence-corrected chi connectivity index (χ2v) is 6.50. The summed E-state index contributed by atoms with van der Waals surface area (Å²) in [5.74, 6) is -0.244. The van der Waals surface area contributed by atoms with Crippen LogP contribution in [-0.2, 0) is 21.1 Å². The van der Waals surface area contributed by atoms with Crippen LogP contribution in [0.15, 0.2) is 12.3 Å². The third kappa shape index (κ3) is 4.18. The van der Waals surface area contributed by atoms with Crippen LogP contribution in [0.5, 0.6) is 0 Å². The zero-order valence-corrected chi connectivity index (χ0v) is 11.8. The molecule has 5 nitrogen and oxygen atoms in total. The Morgan fingerprint density at radius 3 is 2.67 bits per heavy atom. The first-order valence-electron chi connectivity index (χ1n) is 5.85. The molecule has 0 bridgehead atoms. The van der Waals surface area contributed by atoms with E-state index in [0.29, 0.717) is 25.3 Å². The third-order valence-corrected chi connectivity index (χ3v) is 3.58. The van der Waals surface area contributed by atoms with Crippen LogP contribution in [0.2, 0.25) is 0 Å². The average Bonchev–Trinajstić information content (AvgIpc) is 2.58. The molecule has 0 unspecified atom stereocenters. The monoisotopic (exact) mass is 273 g/mol. The van der Waals surface area contributed by atoms with E-state index in [1.165, 1.54) is 6.26 Å². The van der Waals surface area contributed by atoms with Crippen LogP contribution in [0, 0.1) is 6.92 Å². The molecule has 0 fully saturated rings. The van der Waals surface area contributed by atoms with Gasteiger partial charge in [-0.1, -0.05) is 0 Å². The molecule has 0 spiro atoms. The molecule has 0 saturated heterocycles. The number of hydrogen-bond donors (Lipinski definition) is 0. The maximum absolute atomic E-state index is 11.7. The summed E-state index contributed by atoms with van der Waals surface area (Å²) in [7, 11) is -2.96. The summed E-state index contributed by atoms with van der Waals surface area (Å²) in [5.41, 5.74) is 1.35. The van der Waals surface area contributed by atoms with Crippen molar-refractivity contribution in [3.63, 3.8) is 0 Å². The molecule has 1 rings (SSSR count). The van der Waals surface area contributed by atoms with Crippen LogP contribution in [0.4, 0.5) is 0 Å². The van der Waals surface area contributed by atoms with E-state index in [0.717, 1.165) is 5.56 Å². The molecule has 1 aromatic rings. The molecular formula is C12H19NO4S. The van der Waals surface area contributed by atoms with Crippen molar-refractivity contribution in [1.29, 1.82) is 0 Å². The molecular weight excluding hydrogens is 254 g/mol. The molecule has 0 radical (unpaired) electrons. The van der Waals surface area contributed by atoms with Gasteiger partial charge in [0.25, 0.3) is 0 Å². The van der Waals surface area contributed by atoms with Crippen molar-refractivity contribution in [3.05, 3.63) is 23.5 Å². The molecule has 6 heteroatoms. The summed E-state index contributed by atoms with van der Waals surface area (Å²) in [6.07, 6.45) is 3.48. The Bertz CT molecular complexity index is 516. The van der Waals surface area contributed by atoms with Gasteiger partial charge in [0.1, 0.15) is 15.5 Å². The van der Waals surface area contributed by atoms with Gasteiger partial charge in [-0.15, -0.1) is 0 Å². The maximum Gasteiger partial charge on any atom is 0.355 e. The highest BCUT2D eigenvalue weighted by Gasteiger charge is 2.15. The predicted octanol–water partition coefficient (Wildman–Crippen LogP) is 1.41. The third-order valence-electron chi connectivity index (χ3n) is 2.55. The molecule has 1 heterocycles. The number of carbonyl (C=O) groups excluding carboxylic acids is 1. The number of ether oxygens (including phenoxy) is 1. The highest BCUT2D eigenvalue weighted by Crippen LogP contribution is 2.12. The van der Waals surface area contributed by atoms with Gasteiger partial charge in [-0.2, -0.15) is 0 Å². The summed E-state index contributed by atoms with van der Waals surface area (Å²) < 4.78 is 28.8. The quantitative estimate of drug-likeness (QED) is 0.735. The van der Waals surface area contributed by atoms with E-state index in [1.54, 1.807) is 17.7 Å². The SMILES string of the molecule is CCOC(=O)c1c(C)ccn1CCCS(C)(=O)=O. The van der Waals surface area contributed by atoms with Crippen molar-refractivity contribution >= 4 is 15.8 Å². The van der Waals surface area contributed by atoms with E-state index in [4.69, 9.17) is 4.74 Å². The fraction of sp³-hybridized carbons (Fsp3) is 0.583. The van der Waals surface area contributed by atoms with Crippen LogP contribution < -0.4 is 0 Å². The average molecular weight is 273 g/mol. The van der Waals surface area contributed by atoms with Crippen molar-refractivity contribution in [3.8, 4) is 0 Å². The summed E-state index contributed by atoms with van der Waals surface area (Å²) in [4.78, 5) is 11.7. The largest absolute Gasteiger partial charge is 0.461 e. The van der Waals surface area contributed by atoms with Gasteiger partial charge in [-0.3, -0.25) is 0 Å². The van der Waals surface area contributed by atoms with Gasteiger partial charge in [-0.25, -0.2) is 13.2 Å². The number of rotatable bonds is 6. The number of carbonyl (C=O) groups is 1. The minimum atomic E-state index is -2.96. The van der Waals surface area contributed by atoms with E-state index in [2.05, 4.69) is 0 Å². The van der Waals surface area contributed by atoms with Crippen molar-refractivity contribution in [2.24, 2.45) is 0 Å². The minimum Gasteiger partial charge on any atom is -0.461 e. The standard InChI is InChI=1S/C12H19NO4S/c1-4-17-12(14)11-10(2)6-8-13(11)7-5-9-18(3,15)16/h6,8H,4-5,7,9H2,1-3H3. The second-order valence-electron chi connectivity index (χ2n) is 4.24. The van der Waals surface area contributed by atoms with Crippen LogP contribution in [0.1, 0.15) is 29.4 Å².